The third-order valence-corrected chi connectivity index (χ3v) is 4.35. The Hall–Kier alpha value is -3.94. The molecule has 1 amide bonds. The highest BCUT2D eigenvalue weighted by molar-refractivity contribution is 5.94. The summed E-state index contributed by atoms with van der Waals surface area (Å²) >= 11 is 0. The number of nitrogens with zero attached hydrogens (tertiary/aromatic N) is 2. The van der Waals surface area contributed by atoms with Gasteiger partial charge in [-0.3, -0.25) is 9.59 Å². The maximum absolute atomic E-state index is 12.3. The number of aromatic nitrogens is 2. The summed E-state index contributed by atoms with van der Waals surface area (Å²) in [5, 5.41) is 5.85. The van der Waals surface area contributed by atoms with Crippen molar-refractivity contribution >= 4 is 23.3 Å². The molecule has 29 heavy (non-hydrogen) atoms. The molecule has 2 aromatic carbocycles. The van der Waals surface area contributed by atoms with Gasteiger partial charge in [-0.15, -0.1) is 0 Å². The summed E-state index contributed by atoms with van der Waals surface area (Å²) in [5.41, 5.74) is 2.62. The van der Waals surface area contributed by atoms with E-state index in [0.717, 1.165) is 11.3 Å². The Morgan fingerprint density at radius 3 is 2.41 bits per heavy atom. The number of carbonyl (C=O) groups excluding carboxylic acids is 2. The average Bonchev–Trinajstić information content (AvgIpc) is 3.21. The number of ketones is 1. The topological polar surface area (TPSA) is 102 Å². The molecule has 0 saturated carbocycles. The molecule has 1 aliphatic rings. The second kappa shape index (κ2) is 7.97. The van der Waals surface area contributed by atoms with Crippen LogP contribution in [0.5, 0.6) is 11.5 Å². The fourth-order valence-corrected chi connectivity index (χ4v) is 2.76. The van der Waals surface area contributed by atoms with Gasteiger partial charge in [0.2, 0.25) is 12.7 Å². The molecule has 1 aromatic heterocycles. The van der Waals surface area contributed by atoms with Crippen molar-refractivity contribution in [2.45, 2.75) is 13.5 Å². The number of amides is 1. The van der Waals surface area contributed by atoms with Gasteiger partial charge in [-0.2, -0.15) is 0 Å². The molecule has 0 radical (unpaired) electrons. The van der Waals surface area contributed by atoms with Crippen LogP contribution in [0.4, 0.5) is 11.6 Å². The molecule has 0 unspecified atom stereocenters. The van der Waals surface area contributed by atoms with E-state index in [1.54, 1.807) is 24.3 Å². The average molecular weight is 390 g/mol. The van der Waals surface area contributed by atoms with Gasteiger partial charge in [0.05, 0.1) is 5.56 Å². The van der Waals surface area contributed by atoms with Crippen LogP contribution in [0.25, 0.3) is 0 Å². The number of fused-ring (bicyclic) bond motifs is 1. The van der Waals surface area contributed by atoms with E-state index < -0.39 is 0 Å². The van der Waals surface area contributed by atoms with Gasteiger partial charge in [0.15, 0.2) is 17.3 Å². The van der Waals surface area contributed by atoms with E-state index >= 15 is 0 Å². The first-order chi connectivity index (χ1) is 14.1. The van der Waals surface area contributed by atoms with Crippen molar-refractivity contribution in [3.05, 3.63) is 71.5 Å². The Kier molecular flexibility index (Phi) is 5.07. The number of ether oxygens (including phenoxy) is 2. The molecule has 0 aliphatic carbocycles. The van der Waals surface area contributed by atoms with Crippen LogP contribution in [0.15, 0.2) is 54.9 Å². The number of carbonyl (C=O) groups is 2. The maximum atomic E-state index is 12.3. The van der Waals surface area contributed by atoms with Crippen molar-refractivity contribution < 1.29 is 19.1 Å². The van der Waals surface area contributed by atoms with Crippen LogP contribution < -0.4 is 20.1 Å². The number of anilines is 2. The smallest absolute Gasteiger partial charge is 0.254 e. The molecule has 8 nitrogen and oxygen atoms in total. The predicted octanol–water partition coefficient (Wildman–Crippen LogP) is 3.08. The van der Waals surface area contributed by atoms with Gasteiger partial charge in [-0.05, 0) is 48.9 Å². The monoisotopic (exact) mass is 390 g/mol. The van der Waals surface area contributed by atoms with Gasteiger partial charge in [-0.1, -0.05) is 6.07 Å². The maximum Gasteiger partial charge on any atom is 0.254 e. The zero-order chi connectivity index (χ0) is 20.2. The highest BCUT2D eigenvalue weighted by atomic mass is 16.7. The molecule has 0 spiro atoms. The first-order valence-corrected chi connectivity index (χ1v) is 8.95. The molecule has 146 valence electrons. The molecular formula is C21H18N4O4. The minimum atomic E-state index is -0.278. The lowest BCUT2D eigenvalue weighted by Gasteiger charge is -2.08. The molecule has 2 heterocycles. The minimum absolute atomic E-state index is 0.00362. The molecule has 0 atom stereocenters. The Morgan fingerprint density at radius 2 is 1.69 bits per heavy atom. The summed E-state index contributed by atoms with van der Waals surface area (Å²) in [6, 6.07) is 12.5. The highest BCUT2D eigenvalue weighted by Crippen LogP contribution is 2.32. The van der Waals surface area contributed by atoms with Gasteiger partial charge < -0.3 is 20.1 Å². The van der Waals surface area contributed by atoms with Crippen LogP contribution in [0.1, 0.15) is 33.2 Å². The number of nitrogens with one attached hydrogen (secondary N) is 2. The summed E-state index contributed by atoms with van der Waals surface area (Å²) in [7, 11) is 0. The first kappa shape index (κ1) is 18.4. The van der Waals surface area contributed by atoms with Gasteiger partial charge >= 0.3 is 0 Å². The van der Waals surface area contributed by atoms with Crippen molar-refractivity contribution in [2.75, 3.05) is 12.1 Å². The molecule has 0 saturated heterocycles. The Balaban J connectivity index is 1.34. The number of hydrogen-bond acceptors (Lipinski definition) is 7. The fraction of sp³-hybridized carbons (Fsp3) is 0.143. The number of rotatable bonds is 6. The van der Waals surface area contributed by atoms with Crippen molar-refractivity contribution in [2.24, 2.45) is 0 Å². The van der Waals surface area contributed by atoms with Crippen LogP contribution in [0.3, 0.4) is 0 Å². The Bertz CT molecular complexity index is 1050. The van der Waals surface area contributed by atoms with E-state index in [-0.39, 0.29) is 18.5 Å². The molecule has 4 rings (SSSR count). The number of hydrogen-bond donors (Lipinski definition) is 2. The van der Waals surface area contributed by atoms with Crippen LogP contribution >= 0.6 is 0 Å². The molecule has 0 bridgehead atoms. The van der Waals surface area contributed by atoms with Crippen LogP contribution in [0.2, 0.25) is 0 Å². The first-order valence-electron chi connectivity index (χ1n) is 8.95. The largest absolute Gasteiger partial charge is 0.454 e. The second-order valence-corrected chi connectivity index (χ2v) is 6.42. The molecule has 2 N–H and O–H groups in total. The van der Waals surface area contributed by atoms with E-state index in [1.807, 2.05) is 18.2 Å². The normalized spacial score (nSPS) is 11.8. The lowest BCUT2D eigenvalue weighted by molar-refractivity contribution is 0.0949. The van der Waals surface area contributed by atoms with E-state index in [9.17, 15) is 9.59 Å². The predicted molar refractivity (Wildman–Crippen MR) is 105 cm³/mol. The summed E-state index contributed by atoms with van der Waals surface area (Å²) < 4.78 is 10.6. The Labute approximate surface area is 166 Å². The van der Waals surface area contributed by atoms with Crippen molar-refractivity contribution in [1.82, 2.24) is 15.3 Å². The fourth-order valence-electron chi connectivity index (χ4n) is 2.76. The summed E-state index contributed by atoms with van der Waals surface area (Å²) in [6.07, 6.45) is 2.91. The van der Waals surface area contributed by atoms with Crippen LogP contribution in [-0.2, 0) is 6.54 Å². The highest BCUT2D eigenvalue weighted by Gasteiger charge is 2.14. The van der Waals surface area contributed by atoms with Crippen molar-refractivity contribution in [3.8, 4) is 11.5 Å². The van der Waals surface area contributed by atoms with Crippen LogP contribution in [-0.4, -0.2) is 28.5 Å². The Morgan fingerprint density at radius 1 is 0.966 bits per heavy atom. The van der Waals surface area contributed by atoms with E-state index in [1.165, 1.54) is 19.3 Å². The standard InChI is InChI=1S/C21H18N4O4/c1-13(26)15-3-5-17(6-4-15)25-21-23-10-16(11-24-21)20(27)22-9-14-2-7-18-19(8-14)29-12-28-18/h2-8,10-11H,9,12H2,1H3,(H,22,27)(H,23,24,25). The van der Waals surface area contributed by atoms with Crippen molar-refractivity contribution in [1.29, 1.82) is 0 Å². The third-order valence-electron chi connectivity index (χ3n) is 4.35. The summed E-state index contributed by atoms with van der Waals surface area (Å²) in [5.74, 6) is 1.45. The van der Waals surface area contributed by atoms with Gasteiger partial charge in [0, 0.05) is 30.2 Å². The second-order valence-electron chi connectivity index (χ2n) is 6.42. The lowest BCUT2D eigenvalue weighted by Crippen LogP contribution is -2.23. The van der Waals surface area contributed by atoms with E-state index in [2.05, 4.69) is 20.6 Å². The van der Waals surface area contributed by atoms with Gasteiger partial charge in [0.1, 0.15) is 0 Å². The molecule has 1 aliphatic heterocycles. The van der Waals surface area contributed by atoms with E-state index in [4.69, 9.17) is 9.47 Å². The molecular weight excluding hydrogens is 372 g/mol. The van der Waals surface area contributed by atoms with Crippen LogP contribution in [0, 0.1) is 0 Å². The SMILES string of the molecule is CC(=O)c1ccc(Nc2ncc(C(=O)NCc3ccc4c(c3)OCO4)cn2)cc1. The summed E-state index contributed by atoms with van der Waals surface area (Å²) in [4.78, 5) is 32.0. The summed E-state index contributed by atoms with van der Waals surface area (Å²) in [6.45, 7) is 2.07. The van der Waals surface area contributed by atoms with Crippen molar-refractivity contribution in [3.63, 3.8) is 0 Å². The number of benzene rings is 2. The quantitative estimate of drug-likeness (QED) is 0.624. The minimum Gasteiger partial charge on any atom is -0.454 e. The zero-order valence-corrected chi connectivity index (χ0v) is 15.6. The molecule has 0 fully saturated rings. The van der Waals surface area contributed by atoms with Gasteiger partial charge in [-0.25, -0.2) is 9.97 Å². The van der Waals surface area contributed by atoms with E-state index in [0.29, 0.717) is 35.1 Å². The third kappa shape index (κ3) is 4.32. The zero-order valence-electron chi connectivity index (χ0n) is 15.6. The number of Topliss-reactive ketones (excluding diaryl/α,β-unsaturated/α-hetero) is 1. The molecule has 8 heteroatoms. The lowest BCUT2D eigenvalue weighted by atomic mass is 10.1. The van der Waals surface area contributed by atoms with Gasteiger partial charge in [0.25, 0.3) is 5.91 Å². The molecule has 3 aromatic rings.